The molecule has 1 aromatic rings. The summed E-state index contributed by atoms with van der Waals surface area (Å²) in [7, 11) is 0. The van der Waals surface area contributed by atoms with Crippen LogP contribution in [0.15, 0.2) is 16.7 Å². The first-order chi connectivity index (χ1) is 5.74. The molecular weight excluding hydrogens is 176 g/mol. The Bertz CT molecular complexity index is 267. The van der Waals surface area contributed by atoms with Crippen molar-refractivity contribution >= 4 is 18.6 Å². The Hall–Kier alpha value is -0.900. The number of carbonyl (C=O) groups is 1. The van der Waals surface area contributed by atoms with Gasteiger partial charge >= 0.3 is 5.97 Å². The minimum absolute atomic E-state index is 0.283. The molecule has 3 nitrogen and oxygen atoms in total. The molecule has 0 bridgehead atoms. The van der Waals surface area contributed by atoms with E-state index in [0.717, 1.165) is 0 Å². The van der Waals surface area contributed by atoms with Crippen molar-refractivity contribution < 1.29 is 13.9 Å². The van der Waals surface area contributed by atoms with E-state index in [1.54, 1.807) is 13.0 Å². The molecule has 0 radical (unpaired) electrons. The van der Waals surface area contributed by atoms with Crippen LogP contribution < -0.4 is 4.74 Å². The van der Waals surface area contributed by atoms with Gasteiger partial charge in [0.15, 0.2) is 5.75 Å². The predicted molar refractivity (Wildman–Crippen MR) is 47.6 cm³/mol. The van der Waals surface area contributed by atoms with Crippen molar-refractivity contribution in [1.82, 2.24) is 0 Å². The molecule has 1 heterocycles. The lowest BCUT2D eigenvalue weighted by Crippen LogP contribution is -2.08. The number of carbonyl (C=O) groups excluding carboxylic acids is 1. The van der Waals surface area contributed by atoms with E-state index in [1.807, 2.05) is 0 Å². The third kappa shape index (κ3) is 2.30. The number of esters is 1. The first-order valence-corrected chi connectivity index (χ1v) is 4.23. The summed E-state index contributed by atoms with van der Waals surface area (Å²) in [6, 6.07) is 1.62. The van der Waals surface area contributed by atoms with Crippen LogP contribution in [-0.4, -0.2) is 11.7 Å². The summed E-state index contributed by atoms with van der Waals surface area (Å²) >= 11 is 3.91. The van der Waals surface area contributed by atoms with Gasteiger partial charge in [-0.1, -0.05) is 0 Å². The number of rotatable bonds is 3. The Kier molecular flexibility index (Phi) is 3.22. The quantitative estimate of drug-likeness (QED) is 0.578. The summed E-state index contributed by atoms with van der Waals surface area (Å²) in [6.07, 6.45) is 1.80. The number of hydrogen-bond donors (Lipinski definition) is 1. The van der Waals surface area contributed by atoms with Gasteiger partial charge in [-0.2, -0.15) is 12.6 Å². The van der Waals surface area contributed by atoms with Gasteiger partial charge in [-0.05, 0) is 6.92 Å². The summed E-state index contributed by atoms with van der Waals surface area (Å²) in [5, 5.41) is 0. The summed E-state index contributed by atoms with van der Waals surface area (Å²) < 4.78 is 9.89. The molecule has 0 aromatic carbocycles. The molecule has 0 aliphatic heterocycles. The SMILES string of the molecule is Cc1occc1OC(=O)CCS. The molecular formula is C8H10O3S. The molecule has 0 atom stereocenters. The molecule has 0 spiro atoms. The van der Waals surface area contributed by atoms with Crippen molar-refractivity contribution in [1.29, 1.82) is 0 Å². The van der Waals surface area contributed by atoms with Crippen LogP contribution in [0.2, 0.25) is 0 Å². The van der Waals surface area contributed by atoms with Gasteiger partial charge in [-0.25, -0.2) is 0 Å². The van der Waals surface area contributed by atoms with E-state index in [2.05, 4.69) is 12.6 Å². The second-order valence-electron chi connectivity index (χ2n) is 2.29. The fourth-order valence-corrected chi connectivity index (χ4v) is 0.927. The van der Waals surface area contributed by atoms with Crippen molar-refractivity contribution in [2.45, 2.75) is 13.3 Å². The Labute approximate surface area is 76.1 Å². The van der Waals surface area contributed by atoms with Gasteiger partial charge in [0.05, 0.1) is 12.7 Å². The van der Waals surface area contributed by atoms with Crippen LogP contribution in [0.3, 0.4) is 0 Å². The van der Waals surface area contributed by atoms with Crippen LogP contribution in [0, 0.1) is 6.92 Å². The Morgan fingerprint density at radius 1 is 1.75 bits per heavy atom. The summed E-state index contributed by atoms with van der Waals surface area (Å²) in [4.78, 5) is 10.9. The highest BCUT2D eigenvalue weighted by molar-refractivity contribution is 7.80. The molecule has 0 unspecified atom stereocenters. The lowest BCUT2D eigenvalue weighted by Gasteiger charge is -1.99. The third-order valence-electron chi connectivity index (χ3n) is 1.35. The zero-order valence-corrected chi connectivity index (χ0v) is 7.64. The molecule has 0 aliphatic carbocycles. The molecule has 0 fully saturated rings. The fraction of sp³-hybridized carbons (Fsp3) is 0.375. The molecule has 4 heteroatoms. The van der Waals surface area contributed by atoms with Gasteiger partial charge in [0.25, 0.3) is 0 Å². The number of thiol groups is 1. The highest BCUT2D eigenvalue weighted by Crippen LogP contribution is 2.18. The normalized spacial score (nSPS) is 9.83. The average Bonchev–Trinajstić information content (AvgIpc) is 2.37. The van der Waals surface area contributed by atoms with Crippen LogP contribution in [0.4, 0.5) is 0 Å². The van der Waals surface area contributed by atoms with Crippen LogP contribution in [0.5, 0.6) is 5.75 Å². The van der Waals surface area contributed by atoms with Crippen molar-refractivity contribution in [3.8, 4) is 5.75 Å². The fourth-order valence-electron chi connectivity index (χ4n) is 0.744. The van der Waals surface area contributed by atoms with Gasteiger partial charge < -0.3 is 9.15 Å². The highest BCUT2D eigenvalue weighted by Gasteiger charge is 2.07. The molecule has 1 aromatic heterocycles. The van der Waals surface area contributed by atoms with Gasteiger partial charge in [0.1, 0.15) is 5.76 Å². The number of ether oxygens (including phenoxy) is 1. The maximum absolute atomic E-state index is 10.9. The molecule has 0 N–H and O–H groups in total. The number of hydrogen-bond acceptors (Lipinski definition) is 4. The molecule has 0 saturated heterocycles. The van der Waals surface area contributed by atoms with E-state index in [0.29, 0.717) is 23.7 Å². The second-order valence-corrected chi connectivity index (χ2v) is 2.74. The predicted octanol–water partition coefficient (Wildman–Crippen LogP) is 1.81. The second kappa shape index (κ2) is 4.21. The smallest absolute Gasteiger partial charge is 0.312 e. The van der Waals surface area contributed by atoms with Crippen molar-refractivity contribution in [3.63, 3.8) is 0 Å². The maximum atomic E-state index is 10.9. The maximum Gasteiger partial charge on any atom is 0.312 e. The Morgan fingerprint density at radius 2 is 2.50 bits per heavy atom. The van der Waals surface area contributed by atoms with E-state index in [-0.39, 0.29) is 5.97 Å². The monoisotopic (exact) mass is 186 g/mol. The molecule has 12 heavy (non-hydrogen) atoms. The van der Waals surface area contributed by atoms with Gasteiger partial charge in [-0.15, -0.1) is 0 Å². The van der Waals surface area contributed by atoms with Crippen molar-refractivity contribution in [2.24, 2.45) is 0 Å². The van der Waals surface area contributed by atoms with Crippen LogP contribution in [0.1, 0.15) is 12.2 Å². The minimum atomic E-state index is -0.283. The van der Waals surface area contributed by atoms with Crippen LogP contribution in [-0.2, 0) is 4.79 Å². The van der Waals surface area contributed by atoms with E-state index in [9.17, 15) is 4.79 Å². The largest absolute Gasteiger partial charge is 0.466 e. The number of furan rings is 1. The van der Waals surface area contributed by atoms with E-state index in [4.69, 9.17) is 9.15 Å². The lowest BCUT2D eigenvalue weighted by atomic mass is 10.4. The summed E-state index contributed by atoms with van der Waals surface area (Å²) in [5.41, 5.74) is 0. The number of aryl methyl sites for hydroxylation is 1. The van der Waals surface area contributed by atoms with Gasteiger partial charge in [0.2, 0.25) is 0 Å². The van der Waals surface area contributed by atoms with Gasteiger partial charge in [-0.3, -0.25) is 4.79 Å². The van der Waals surface area contributed by atoms with Crippen molar-refractivity contribution in [3.05, 3.63) is 18.1 Å². The molecule has 0 aliphatic rings. The Balaban J connectivity index is 2.52. The third-order valence-corrected chi connectivity index (χ3v) is 1.57. The zero-order valence-electron chi connectivity index (χ0n) is 6.74. The molecule has 0 saturated carbocycles. The van der Waals surface area contributed by atoms with Crippen molar-refractivity contribution in [2.75, 3.05) is 5.75 Å². The van der Waals surface area contributed by atoms with Crippen LogP contribution in [0.25, 0.3) is 0 Å². The first kappa shape index (κ1) is 9.19. The van der Waals surface area contributed by atoms with E-state index in [1.165, 1.54) is 6.26 Å². The van der Waals surface area contributed by atoms with Gasteiger partial charge in [0, 0.05) is 11.8 Å². The molecule has 1 rings (SSSR count). The topological polar surface area (TPSA) is 39.4 Å². The molecule has 66 valence electrons. The lowest BCUT2D eigenvalue weighted by molar-refractivity contribution is -0.133. The summed E-state index contributed by atoms with van der Waals surface area (Å²) in [6.45, 7) is 1.74. The van der Waals surface area contributed by atoms with Crippen LogP contribution >= 0.6 is 12.6 Å². The first-order valence-electron chi connectivity index (χ1n) is 3.59. The van der Waals surface area contributed by atoms with E-state index >= 15 is 0 Å². The minimum Gasteiger partial charge on any atom is -0.466 e. The zero-order chi connectivity index (χ0) is 8.97. The Morgan fingerprint density at radius 3 is 3.00 bits per heavy atom. The summed E-state index contributed by atoms with van der Waals surface area (Å²) in [5.74, 6) is 1.31. The highest BCUT2D eigenvalue weighted by atomic mass is 32.1. The average molecular weight is 186 g/mol. The molecule has 0 amide bonds. The standard InChI is InChI=1S/C8H10O3S/c1-6-7(2-4-10-6)11-8(9)3-5-12/h2,4,12H,3,5H2,1H3. The van der Waals surface area contributed by atoms with E-state index < -0.39 is 0 Å².